The van der Waals surface area contributed by atoms with Crippen LogP contribution < -0.4 is 11.1 Å². The maximum atomic E-state index is 11.7. The largest absolute Gasteiger partial charge is 0.350 e. The molecule has 3 N–H and O–H groups in total. The SMILES string of the molecule is CC(C)C(N)C(=O)NC(C)(C)C(C)C. The number of hydrogen-bond acceptors (Lipinski definition) is 2. The van der Waals surface area contributed by atoms with Crippen LogP contribution in [0.3, 0.4) is 0 Å². The molecule has 1 amide bonds. The van der Waals surface area contributed by atoms with Crippen LogP contribution >= 0.6 is 0 Å². The van der Waals surface area contributed by atoms with Crippen LogP contribution in [0.15, 0.2) is 0 Å². The molecule has 0 aliphatic heterocycles. The van der Waals surface area contributed by atoms with E-state index in [2.05, 4.69) is 19.2 Å². The first kappa shape index (κ1) is 13.4. The Balaban J connectivity index is 4.32. The summed E-state index contributed by atoms with van der Waals surface area (Å²) in [6.45, 7) is 12.1. The smallest absolute Gasteiger partial charge is 0.237 e. The molecular weight excluding hydrogens is 176 g/mol. The molecule has 0 aliphatic carbocycles. The lowest BCUT2D eigenvalue weighted by molar-refractivity contribution is -0.125. The van der Waals surface area contributed by atoms with Gasteiger partial charge in [0.05, 0.1) is 6.04 Å². The van der Waals surface area contributed by atoms with E-state index in [0.29, 0.717) is 5.92 Å². The molecule has 0 aromatic rings. The molecule has 0 heterocycles. The van der Waals surface area contributed by atoms with Crippen molar-refractivity contribution in [1.82, 2.24) is 5.32 Å². The molecule has 0 bridgehead atoms. The van der Waals surface area contributed by atoms with Gasteiger partial charge in [0.25, 0.3) is 0 Å². The van der Waals surface area contributed by atoms with Crippen molar-refractivity contribution in [2.45, 2.75) is 53.1 Å². The van der Waals surface area contributed by atoms with Crippen LogP contribution in [0, 0.1) is 11.8 Å². The topological polar surface area (TPSA) is 55.1 Å². The molecule has 3 nitrogen and oxygen atoms in total. The van der Waals surface area contributed by atoms with Crippen LogP contribution in [0.2, 0.25) is 0 Å². The van der Waals surface area contributed by atoms with Crippen molar-refractivity contribution in [2.24, 2.45) is 17.6 Å². The first-order chi connectivity index (χ1) is 6.18. The van der Waals surface area contributed by atoms with Crippen molar-refractivity contribution in [3.63, 3.8) is 0 Å². The molecule has 1 unspecified atom stereocenters. The highest BCUT2D eigenvalue weighted by Gasteiger charge is 2.27. The molecule has 3 heteroatoms. The third-order valence-electron chi connectivity index (χ3n) is 2.91. The standard InChI is InChI=1S/C11H24N2O/c1-7(2)9(12)10(14)13-11(5,6)8(3)4/h7-9H,12H2,1-6H3,(H,13,14). The van der Waals surface area contributed by atoms with Gasteiger partial charge in [-0.2, -0.15) is 0 Å². The molecule has 0 aliphatic rings. The van der Waals surface area contributed by atoms with Crippen molar-refractivity contribution in [3.8, 4) is 0 Å². The van der Waals surface area contributed by atoms with Gasteiger partial charge < -0.3 is 11.1 Å². The molecule has 14 heavy (non-hydrogen) atoms. The zero-order chi connectivity index (χ0) is 11.5. The average molecular weight is 200 g/mol. The predicted molar refractivity (Wildman–Crippen MR) is 59.9 cm³/mol. The molecule has 0 radical (unpaired) electrons. The molecule has 0 fully saturated rings. The number of nitrogens with one attached hydrogen (secondary N) is 1. The van der Waals surface area contributed by atoms with Gasteiger partial charge in [-0.3, -0.25) is 4.79 Å². The monoisotopic (exact) mass is 200 g/mol. The minimum Gasteiger partial charge on any atom is -0.350 e. The van der Waals surface area contributed by atoms with E-state index in [1.165, 1.54) is 0 Å². The quantitative estimate of drug-likeness (QED) is 0.723. The second-order valence-electron chi connectivity index (χ2n) is 5.14. The maximum absolute atomic E-state index is 11.7. The molecule has 0 spiro atoms. The third-order valence-corrected chi connectivity index (χ3v) is 2.91. The van der Waals surface area contributed by atoms with E-state index in [1.54, 1.807) is 0 Å². The molecule has 0 aromatic heterocycles. The van der Waals surface area contributed by atoms with Gasteiger partial charge in [0.15, 0.2) is 0 Å². The minimum atomic E-state index is -0.409. The molecule has 1 atom stereocenters. The Labute approximate surface area is 87.4 Å². The summed E-state index contributed by atoms with van der Waals surface area (Å²) in [6, 6.07) is -0.409. The molecule has 0 saturated heterocycles. The highest BCUT2D eigenvalue weighted by molar-refractivity contribution is 5.82. The van der Waals surface area contributed by atoms with Crippen LogP contribution in [-0.4, -0.2) is 17.5 Å². The summed E-state index contributed by atoms with van der Waals surface area (Å²) in [6.07, 6.45) is 0. The Morgan fingerprint density at radius 1 is 1.21 bits per heavy atom. The second kappa shape index (κ2) is 4.78. The summed E-state index contributed by atoms with van der Waals surface area (Å²) in [5.74, 6) is 0.516. The molecule has 84 valence electrons. The van der Waals surface area contributed by atoms with Crippen molar-refractivity contribution >= 4 is 5.91 Å². The summed E-state index contributed by atoms with van der Waals surface area (Å²) in [5, 5.41) is 2.97. The van der Waals surface area contributed by atoms with Crippen LogP contribution in [0.5, 0.6) is 0 Å². The highest BCUT2D eigenvalue weighted by atomic mass is 16.2. The predicted octanol–water partition coefficient (Wildman–Crippen LogP) is 1.52. The summed E-state index contributed by atoms with van der Waals surface area (Å²) in [5.41, 5.74) is 5.56. The van der Waals surface area contributed by atoms with E-state index in [4.69, 9.17) is 5.73 Å². The van der Waals surface area contributed by atoms with E-state index in [0.717, 1.165) is 0 Å². The Kier molecular flexibility index (Phi) is 4.59. The average Bonchev–Trinajstić information content (AvgIpc) is 2.01. The van der Waals surface area contributed by atoms with E-state index >= 15 is 0 Å². The Hall–Kier alpha value is -0.570. The zero-order valence-corrected chi connectivity index (χ0v) is 10.2. The second-order valence-corrected chi connectivity index (χ2v) is 5.14. The summed E-state index contributed by atoms with van der Waals surface area (Å²) < 4.78 is 0. The van der Waals surface area contributed by atoms with Crippen LogP contribution in [0.25, 0.3) is 0 Å². The number of rotatable bonds is 4. The Morgan fingerprint density at radius 3 is 1.93 bits per heavy atom. The van der Waals surface area contributed by atoms with Crippen LogP contribution in [0.1, 0.15) is 41.5 Å². The molecule has 0 saturated carbocycles. The van der Waals surface area contributed by atoms with Crippen molar-refractivity contribution < 1.29 is 4.79 Å². The van der Waals surface area contributed by atoms with Crippen LogP contribution in [-0.2, 0) is 4.79 Å². The number of hydrogen-bond donors (Lipinski definition) is 2. The van der Waals surface area contributed by atoms with E-state index in [9.17, 15) is 4.79 Å². The molecule has 0 aromatic carbocycles. The van der Waals surface area contributed by atoms with E-state index in [1.807, 2.05) is 27.7 Å². The summed E-state index contributed by atoms with van der Waals surface area (Å²) in [4.78, 5) is 11.7. The van der Waals surface area contributed by atoms with Crippen molar-refractivity contribution in [1.29, 1.82) is 0 Å². The van der Waals surface area contributed by atoms with Gasteiger partial charge in [0.2, 0.25) is 5.91 Å². The summed E-state index contributed by atoms with van der Waals surface area (Å²) >= 11 is 0. The fourth-order valence-electron chi connectivity index (χ4n) is 0.848. The van der Waals surface area contributed by atoms with Crippen molar-refractivity contribution in [2.75, 3.05) is 0 Å². The van der Waals surface area contributed by atoms with Gasteiger partial charge in [0.1, 0.15) is 0 Å². The normalized spacial score (nSPS) is 14.6. The third kappa shape index (κ3) is 3.66. The Bertz CT molecular complexity index is 197. The van der Waals surface area contributed by atoms with Crippen LogP contribution in [0.4, 0.5) is 0 Å². The van der Waals surface area contributed by atoms with Gasteiger partial charge in [-0.05, 0) is 25.7 Å². The number of nitrogens with two attached hydrogens (primary N) is 1. The number of amides is 1. The lowest BCUT2D eigenvalue weighted by Crippen LogP contribution is -2.54. The van der Waals surface area contributed by atoms with Gasteiger partial charge in [-0.25, -0.2) is 0 Å². The maximum Gasteiger partial charge on any atom is 0.237 e. The molecule has 0 rings (SSSR count). The first-order valence-electron chi connectivity index (χ1n) is 5.26. The van der Waals surface area contributed by atoms with Gasteiger partial charge >= 0.3 is 0 Å². The van der Waals surface area contributed by atoms with Gasteiger partial charge in [0, 0.05) is 5.54 Å². The van der Waals surface area contributed by atoms with E-state index in [-0.39, 0.29) is 17.4 Å². The van der Waals surface area contributed by atoms with Gasteiger partial charge in [-0.15, -0.1) is 0 Å². The number of carbonyl (C=O) groups is 1. The zero-order valence-electron chi connectivity index (χ0n) is 10.2. The number of carbonyl (C=O) groups excluding carboxylic acids is 1. The molecular formula is C11H24N2O. The lowest BCUT2D eigenvalue weighted by atomic mass is 9.90. The minimum absolute atomic E-state index is 0.0568. The summed E-state index contributed by atoms with van der Waals surface area (Å²) in [7, 11) is 0. The highest BCUT2D eigenvalue weighted by Crippen LogP contribution is 2.15. The van der Waals surface area contributed by atoms with Gasteiger partial charge in [-0.1, -0.05) is 27.7 Å². The first-order valence-corrected chi connectivity index (χ1v) is 5.26. The Morgan fingerprint density at radius 2 is 1.64 bits per heavy atom. The lowest BCUT2D eigenvalue weighted by Gasteiger charge is -2.32. The van der Waals surface area contributed by atoms with E-state index < -0.39 is 6.04 Å². The fraction of sp³-hybridized carbons (Fsp3) is 0.909. The van der Waals surface area contributed by atoms with Crippen molar-refractivity contribution in [3.05, 3.63) is 0 Å². The fourth-order valence-corrected chi connectivity index (χ4v) is 0.848.